The van der Waals surface area contributed by atoms with E-state index in [2.05, 4.69) is 12.8 Å². The molecule has 0 spiro atoms. The van der Waals surface area contributed by atoms with Crippen LogP contribution in [0.15, 0.2) is 30.3 Å². The fraction of sp³-hybridized carbons (Fsp3) is 0.545. The van der Waals surface area contributed by atoms with Gasteiger partial charge < -0.3 is 23.1 Å². The Labute approximate surface area is 191 Å². The molecule has 168 valence electrons. The van der Waals surface area contributed by atoms with Gasteiger partial charge in [-0.25, -0.2) is 0 Å². The van der Waals surface area contributed by atoms with Crippen LogP contribution >= 0.6 is 8.46 Å². The summed E-state index contributed by atoms with van der Waals surface area (Å²) in [5, 5.41) is 15.7. The van der Waals surface area contributed by atoms with E-state index in [1.165, 1.54) is 64.2 Å². The number of rotatable bonds is 1. The maximum atomic E-state index is 10.2. The molecule has 0 amide bonds. The van der Waals surface area contributed by atoms with Crippen molar-refractivity contribution >= 4 is 25.7 Å². The predicted molar refractivity (Wildman–Crippen MR) is 116 cm³/mol. The molecule has 0 heterocycles. The van der Waals surface area contributed by atoms with Crippen molar-refractivity contribution in [1.82, 2.24) is 0 Å². The van der Waals surface area contributed by atoms with E-state index in [1.54, 1.807) is 0 Å². The molecule has 0 aromatic heterocycles. The van der Waals surface area contributed by atoms with Gasteiger partial charge in [0.25, 0.3) is 11.9 Å². The molecule has 3 rings (SSSR count). The van der Waals surface area contributed by atoms with Gasteiger partial charge in [0.1, 0.15) is 0 Å². The first kappa shape index (κ1) is 32.6. The second-order valence-electron chi connectivity index (χ2n) is 6.36. The van der Waals surface area contributed by atoms with E-state index < -0.39 is 11.9 Å². The molecule has 7 heteroatoms. The predicted octanol–water partition coefficient (Wildman–Crippen LogP) is 5.82. The zero-order valence-electron chi connectivity index (χ0n) is 17.5. The Balaban J connectivity index is -0.000000297. The van der Waals surface area contributed by atoms with Crippen molar-refractivity contribution < 1.29 is 44.8 Å². The van der Waals surface area contributed by atoms with Gasteiger partial charge in [-0.3, -0.25) is 9.59 Å². The third-order valence-electron chi connectivity index (χ3n) is 3.52. The van der Waals surface area contributed by atoms with Crippen LogP contribution in [0, 0.1) is 12.8 Å². The van der Waals surface area contributed by atoms with Gasteiger partial charge in [-0.2, -0.15) is 25.7 Å². The Kier molecular flexibility index (Phi) is 30.2. The molecule has 2 aliphatic rings. The van der Waals surface area contributed by atoms with Crippen molar-refractivity contribution in [1.29, 1.82) is 0 Å². The topological polar surface area (TPSA) is 91.7 Å². The van der Waals surface area contributed by atoms with Crippen LogP contribution < -0.4 is 5.30 Å². The van der Waals surface area contributed by atoms with Crippen LogP contribution in [0.2, 0.25) is 0 Å². The molecule has 2 N–H and O–H groups in total. The molecule has 0 bridgehead atoms. The molecule has 1 atom stereocenters. The van der Waals surface area contributed by atoms with E-state index in [-0.39, 0.29) is 28.9 Å². The molecule has 0 radical (unpaired) electrons. The summed E-state index contributed by atoms with van der Waals surface area (Å²) in [5.74, 6) is -1.67. The molecular formula is C22H36O5PPd+. The number of carboxylic acid groups (broad SMARTS) is 2. The first-order valence-corrected chi connectivity index (χ1v) is 10.8. The van der Waals surface area contributed by atoms with Crippen LogP contribution in [0.5, 0.6) is 0 Å². The molecule has 2 saturated carbocycles. The van der Waals surface area contributed by atoms with E-state index in [0.29, 0.717) is 0 Å². The van der Waals surface area contributed by atoms with Crippen molar-refractivity contribution in [2.24, 2.45) is 0 Å². The summed E-state index contributed by atoms with van der Waals surface area (Å²) < 4.78 is 10.2. The minimum absolute atomic E-state index is 0. The minimum Gasteiger partial charge on any atom is -0.481 e. The van der Waals surface area contributed by atoms with Gasteiger partial charge in [0.05, 0.1) is 0 Å². The zero-order chi connectivity index (χ0) is 21.5. The van der Waals surface area contributed by atoms with Gasteiger partial charge >= 0.3 is 28.9 Å². The van der Waals surface area contributed by atoms with Crippen LogP contribution in [0.3, 0.4) is 0 Å². The first-order chi connectivity index (χ1) is 13.4. The Bertz CT molecular complexity index is 434. The number of benzene rings is 1. The van der Waals surface area contributed by atoms with Crippen molar-refractivity contribution in [2.75, 3.05) is 0 Å². The number of carbonyl (C=O) groups is 2. The summed E-state index contributed by atoms with van der Waals surface area (Å²) in [5.41, 5.74) is 0. The quantitative estimate of drug-likeness (QED) is 0.278. The Morgan fingerprint density at radius 1 is 0.759 bits per heavy atom. The second kappa shape index (κ2) is 26.9. The van der Waals surface area contributed by atoms with E-state index in [4.69, 9.17) is 19.8 Å². The molecule has 2 aliphatic carbocycles. The standard InChI is InChI=1S/C6H5OP.2C6H11.2C2H4O2.Pd/c7-8-6-4-2-1-3-5-6;2*1-2-4-6-5-3-1;2*1-2(3)4;/h1-5H;2*1H,2-6H2;2*1H3,(H,3,4);/q;2*-1;;;+2/p+1. The largest absolute Gasteiger partial charge is 2.00 e. The average Bonchev–Trinajstić information content (AvgIpc) is 2.71. The fourth-order valence-electron chi connectivity index (χ4n) is 2.30. The van der Waals surface area contributed by atoms with Crippen LogP contribution in [0.4, 0.5) is 0 Å². The van der Waals surface area contributed by atoms with Gasteiger partial charge in [0, 0.05) is 13.8 Å². The van der Waals surface area contributed by atoms with Gasteiger partial charge in [-0.1, -0.05) is 61.3 Å². The first-order valence-electron chi connectivity index (χ1n) is 9.85. The van der Waals surface area contributed by atoms with Gasteiger partial charge in [-0.15, -0.1) is 0 Å². The van der Waals surface area contributed by atoms with E-state index >= 15 is 0 Å². The molecule has 2 fully saturated rings. The maximum Gasteiger partial charge on any atom is 2.00 e. The Morgan fingerprint density at radius 2 is 1.07 bits per heavy atom. The van der Waals surface area contributed by atoms with Crippen LogP contribution in [-0.4, -0.2) is 22.2 Å². The van der Waals surface area contributed by atoms with E-state index in [0.717, 1.165) is 19.2 Å². The monoisotopic (exact) mass is 517 g/mol. The normalized spacial score (nSPS) is 14.3. The maximum absolute atomic E-state index is 10.2. The molecule has 1 aromatic carbocycles. The number of hydrogen-bond acceptors (Lipinski definition) is 3. The van der Waals surface area contributed by atoms with Crippen molar-refractivity contribution in [3.63, 3.8) is 0 Å². The summed E-state index contributed by atoms with van der Waals surface area (Å²) in [6, 6.07) is 9.33. The Hall–Kier alpha value is -1.08. The minimum atomic E-state index is -0.833. The molecule has 1 unspecified atom stereocenters. The molecule has 29 heavy (non-hydrogen) atoms. The van der Waals surface area contributed by atoms with Gasteiger partial charge in [0.15, 0.2) is 5.30 Å². The number of hydrogen-bond donors (Lipinski definition) is 2. The summed E-state index contributed by atoms with van der Waals surface area (Å²) in [7, 11) is -0.320. The number of carboxylic acids is 2. The van der Waals surface area contributed by atoms with E-state index in [1.807, 2.05) is 30.3 Å². The smallest absolute Gasteiger partial charge is 0.481 e. The molecule has 5 nitrogen and oxygen atoms in total. The van der Waals surface area contributed by atoms with Crippen molar-refractivity contribution in [2.45, 2.75) is 78.1 Å². The Morgan fingerprint density at radius 3 is 1.21 bits per heavy atom. The summed E-state index contributed by atoms with van der Waals surface area (Å²) in [6.07, 6.45) is 19.0. The molecule has 0 aliphatic heterocycles. The average molecular weight is 518 g/mol. The summed E-state index contributed by atoms with van der Waals surface area (Å²) in [6.45, 7) is 2.17. The van der Waals surface area contributed by atoms with Crippen LogP contribution in [0.25, 0.3) is 0 Å². The zero-order valence-corrected chi connectivity index (χ0v) is 20.1. The summed E-state index contributed by atoms with van der Waals surface area (Å²) >= 11 is 0. The second-order valence-corrected chi connectivity index (χ2v) is 7.14. The van der Waals surface area contributed by atoms with Gasteiger partial charge in [0.2, 0.25) is 0 Å². The molecular weight excluding hydrogens is 482 g/mol. The van der Waals surface area contributed by atoms with Gasteiger partial charge in [-0.05, 0) is 12.1 Å². The van der Waals surface area contributed by atoms with E-state index in [9.17, 15) is 4.57 Å². The van der Waals surface area contributed by atoms with Crippen LogP contribution in [-0.2, 0) is 34.6 Å². The van der Waals surface area contributed by atoms with Crippen LogP contribution in [0.1, 0.15) is 78.1 Å². The third-order valence-corrected chi connectivity index (χ3v) is 4.09. The fourth-order valence-corrected chi connectivity index (χ4v) is 2.63. The molecule has 0 saturated heterocycles. The van der Waals surface area contributed by atoms with Crippen molar-refractivity contribution in [3.8, 4) is 0 Å². The third kappa shape index (κ3) is 38.2. The number of aliphatic carboxylic acids is 2. The SMILES string of the molecule is CC(=O)O.CC(=O)O.O=[PH+]c1ccccc1.[CH-]1CCCCC1.[CH-]1CCCCC1.[Pd+2]. The summed E-state index contributed by atoms with van der Waals surface area (Å²) in [4.78, 5) is 18.0. The van der Waals surface area contributed by atoms with Crippen molar-refractivity contribution in [3.05, 3.63) is 43.2 Å². The molecule has 1 aromatic rings.